The molecule has 0 aromatic heterocycles. The van der Waals surface area contributed by atoms with E-state index in [-0.39, 0.29) is 0 Å². The van der Waals surface area contributed by atoms with Gasteiger partial charge < -0.3 is 15.2 Å². The standard InChI is InChI=1S/C22H24Cl2N2O5/c1-21(2,3)31-20(30)26-22(4,19(28)29)18(27)25-17(13-5-9-15(23)10-6-13)14-7-11-16(24)12-8-14/h5-12,17H,1-4H3,(H,25,27)(H,26,30)(H,28,29). The van der Waals surface area contributed by atoms with Gasteiger partial charge >= 0.3 is 12.1 Å². The second-order valence-corrected chi connectivity index (χ2v) is 8.94. The Kier molecular flexibility index (Phi) is 7.57. The Bertz CT molecular complexity index is 910. The van der Waals surface area contributed by atoms with Crippen molar-refractivity contribution in [1.29, 1.82) is 0 Å². The van der Waals surface area contributed by atoms with Crippen LogP contribution >= 0.6 is 23.2 Å². The van der Waals surface area contributed by atoms with Crippen molar-refractivity contribution in [3.05, 3.63) is 69.7 Å². The van der Waals surface area contributed by atoms with Crippen molar-refractivity contribution in [2.24, 2.45) is 0 Å². The summed E-state index contributed by atoms with van der Waals surface area (Å²) in [5.74, 6) is -2.47. The minimum absolute atomic E-state index is 0.506. The molecule has 2 amide bonds. The largest absolute Gasteiger partial charge is 0.479 e. The van der Waals surface area contributed by atoms with E-state index < -0.39 is 35.2 Å². The SMILES string of the molecule is CC(C)(C)OC(=O)NC(C)(C(=O)O)C(=O)NC(c1ccc(Cl)cc1)c1ccc(Cl)cc1. The van der Waals surface area contributed by atoms with Crippen LogP contribution in [0.5, 0.6) is 0 Å². The highest BCUT2D eigenvalue weighted by Gasteiger charge is 2.45. The predicted octanol–water partition coefficient (Wildman–Crippen LogP) is 4.57. The van der Waals surface area contributed by atoms with Crippen molar-refractivity contribution in [3.8, 4) is 0 Å². The predicted molar refractivity (Wildman–Crippen MR) is 118 cm³/mol. The number of carboxylic acids is 1. The second-order valence-electron chi connectivity index (χ2n) is 8.07. The van der Waals surface area contributed by atoms with Gasteiger partial charge in [-0.3, -0.25) is 10.1 Å². The molecule has 9 heteroatoms. The Balaban J connectivity index is 2.37. The molecule has 0 aliphatic rings. The molecule has 3 N–H and O–H groups in total. The molecule has 0 saturated heterocycles. The molecule has 0 bridgehead atoms. The number of halogens is 2. The molecule has 0 spiro atoms. The summed E-state index contributed by atoms with van der Waals surface area (Å²) in [7, 11) is 0. The summed E-state index contributed by atoms with van der Waals surface area (Å²) in [4.78, 5) is 37.2. The van der Waals surface area contributed by atoms with Gasteiger partial charge in [0.2, 0.25) is 5.54 Å². The Hall–Kier alpha value is -2.77. The summed E-state index contributed by atoms with van der Waals surface area (Å²) in [6.07, 6.45) is -1.03. The molecule has 1 unspecified atom stereocenters. The van der Waals surface area contributed by atoms with E-state index in [2.05, 4.69) is 10.6 Å². The van der Waals surface area contributed by atoms with Crippen LogP contribution in [-0.2, 0) is 14.3 Å². The molecule has 0 heterocycles. The second kappa shape index (κ2) is 9.58. The summed E-state index contributed by atoms with van der Waals surface area (Å²) in [5.41, 5.74) is -1.83. The number of benzene rings is 2. The molecule has 2 aromatic carbocycles. The number of carboxylic acid groups (broad SMARTS) is 1. The molecule has 0 aliphatic carbocycles. The summed E-state index contributed by atoms with van der Waals surface area (Å²) < 4.78 is 5.11. The van der Waals surface area contributed by atoms with E-state index in [0.717, 1.165) is 6.92 Å². The number of ether oxygens (including phenoxy) is 1. The van der Waals surface area contributed by atoms with Gasteiger partial charge in [-0.15, -0.1) is 0 Å². The van der Waals surface area contributed by atoms with Gasteiger partial charge in [0.05, 0.1) is 6.04 Å². The maximum Gasteiger partial charge on any atom is 0.408 e. The number of carbonyl (C=O) groups is 3. The van der Waals surface area contributed by atoms with Crippen molar-refractivity contribution < 1.29 is 24.2 Å². The highest BCUT2D eigenvalue weighted by molar-refractivity contribution is 6.30. The molecule has 166 valence electrons. The minimum Gasteiger partial charge on any atom is -0.479 e. The van der Waals surface area contributed by atoms with E-state index >= 15 is 0 Å². The van der Waals surface area contributed by atoms with Crippen LogP contribution in [-0.4, -0.2) is 34.2 Å². The number of alkyl carbamates (subject to hydrolysis) is 1. The molecule has 0 saturated carbocycles. The van der Waals surface area contributed by atoms with Gasteiger partial charge in [0.1, 0.15) is 5.60 Å². The summed E-state index contributed by atoms with van der Waals surface area (Å²) in [6.45, 7) is 5.97. The molecule has 1 atom stereocenters. The molecular weight excluding hydrogens is 443 g/mol. The van der Waals surface area contributed by atoms with E-state index in [1.165, 1.54) is 0 Å². The summed E-state index contributed by atoms with van der Waals surface area (Å²) in [5, 5.41) is 15.6. The van der Waals surface area contributed by atoms with Crippen molar-refractivity contribution in [2.45, 2.75) is 44.9 Å². The third kappa shape index (κ3) is 6.60. The molecule has 2 rings (SSSR count). The highest BCUT2D eigenvalue weighted by atomic mass is 35.5. The fraction of sp³-hybridized carbons (Fsp3) is 0.318. The monoisotopic (exact) mass is 466 g/mol. The zero-order valence-electron chi connectivity index (χ0n) is 17.5. The normalized spacial score (nSPS) is 13.3. The number of aliphatic carboxylic acids is 1. The molecule has 0 aliphatic heterocycles. The van der Waals surface area contributed by atoms with Crippen LogP contribution in [0.15, 0.2) is 48.5 Å². The van der Waals surface area contributed by atoms with E-state index in [4.69, 9.17) is 27.9 Å². The van der Waals surface area contributed by atoms with Crippen LogP contribution in [0.3, 0.4) is 0 Å². The van der Waals surface area contributed by atoms with Gasteiger partial charge in [0.15, 0.2) is 0 Å². The van der Waals surface area contributed by atoms with Crippen molar-refractivity contribution in [3.63, 3.8) is 0 Å². The maximum atomic E-state index is 13.1. The van der Waals surface area contributed by atoms with E-state index in [1.807, 2.05) is 0 Å². The molecule has 31 heavy (non-hydrogen) atoms. The third-order valence-electron chi connectivity index (χ3n) is 4.31. The van der Waals surface area contributed by atoms with Gasteiger partial charge in [-0.2, -0.15) is 0 Å². The van der Waals surface area contributed by atoms with E-state index in [9.17, 15) is 19.5 Å². The van der Waals surface area contributed by atoms with E-state index in [1.54, 1.807) is 69.3 Å². The number of hydrogen-bond donors (Lipinski definition) is 3. The quantitative estimate of drug-likeness (QED) is 0.540. The summed E-state index contributed by atoms with van der Waals surface area (Å²) in [6, 6.07) is 12.7. The lowest BCUT2D eigenvalue weighted by Crippen LogP contribution is -2.62. The van der Waals surface area contributed by atoms with Gasteiger partial charge in [-0.25, -0.2) is 9.59 Å². The molecule has 2 aromatic rings. The Morgan fingerprint density at radius 2 is 1.29 bits per heavy atom. The smallest absolute Gasteiger partial charge is 0.408 e. The zero-order valence-corrected chi connectivity index (χ0v) is 19.0. The van der Waals surface area contributed by atoms with Crippen LogP contribution in [0, 0.1) is 0 Å². The maximum absolute atomic E-state index is 13.1. The first-order valence-corrected chi connectivity index (χ1v) is 10.1. The lowest BCUT2D eigenvalue weighted by atomic mass is 9.95. The van der Waals surface area contributed by atoms with Crippen LogP contribution in [0.25, 0.3) is 0 Å². The average Bonchev–Trinajstić information content (AvgIpc) is 2.65. The average molecular weight is 467 g/mol. The first-order valence-electron chi connectivity index (χ1n) is 9.38. The van der Waals surface area contributed by atoms with Gasteiger partial charge in [-0.1, -0.05) is 47.5 Å². The fourth-order valence-electron chi connectivity index (χ4n) is 2.66. The molecular formula is C22H24Cl2N2O5. The van der Waals surface area contributed by atoms with Crippen molar-refractivity contribution in [1.82, 2.24) is 10.6 Å². The van der Waals surface area contributed by atoms with Crippen LogP contribution in [0.4, 0.5) is 4.79 Å². The fourth-order valence-corrected chi connectivity index (χ4v) is 2.91. The third-order valence-corrected chi connectivity index (χ3v) is 4.82. The van der Waals surface area contributed by atoms with E-state index in [0.29, 0.717) is 21.2 Å². The van der Waals surface area contributed by atoms with Crippen molar-refractivity contribution >= 4 is 41.2 Å². The topological polar surface area (TPSA) is 105 Å². The number of rotatable bonds is 6. The van der Waals surface area contributed by atoms with Gasteiger partial charge in [0, 0.05) is 10.0 Å². The Labute approximate surface area is 190 Å². The summed E-state index contributed by atoms with van der Waals surface area (Å²) >= 11 is 11.9. The lowest BCUT2D eigenvalue weighted by molar-refractivity contribution is -0.150. The van der Waals surface area contributed by atoms with Crippen molar-refractivity contribution in [2.75, 3.05) is 0 Å². The highest BCUT2D eigenvalue weighted by Crippen LogP contribution is 2.26. The van der Waals surface area contributed by atoms with Gasteiger partial charge in [0.25, 0.3) is 5.91 Å². The zero-order chi connectivity index (χ0) is 23.4. The van der Waals surface area contributed by atoms with Crippen LogP contribution < -0.4 is 10.6 Å². The number of hydrogen-bond acceptors (Lipinski definition) is 4. The Morgan fingerprint density at radius 1 is 0.871 bits per heavy atom. The molecule has 7 nitrogen and oxygen atoms in total. The first kappa shape index (κ1) is 24.5. The van der Waals surface area contributed by atoms with Crippen LogP contribution in [0.2, 0.25) is 10.0 Å². The number of carbonyl (C=O) groups excluding carboxylic acids is 2. The Morgan fingerprint density at radius 3 is 1.65 bits per heavy atom. The van der Waals surface area contributed by atoms with Gasteiger partial charge in [-0.05, 0) is 63.1 Å². The molecule has 0 fully saturated rings. The minimum atomic E-state index is -2.28. The lowest BCUT2D eigenvalue weighted by Gasteiger charge is -2.30. The number of amides is 2. The molecule has 0 radical (unpaired) electrons. The number of nitrogens with one attached hydrogen (secondary N) is 2. The first-order chi connectivity index (χ1) is 14.3. The van der Waals surface area contributed by atoms with Crippen LogP contribution in [0.1, 0.15) is 44.9 Å².